The van der Waals surface area contributed by atoms with E-state index in [1.54, 1.807) is 0 Å². The molecule has 0 aliphatic carbocycles. The topological polar surface area (TPSA) is 58.4 Å². The summed E-state index contributed by atoms with van der Waals surface area (Å²) in [5.74, 6) is 1.73. The Morgan fingerprint density at radius 2 is 0.600 bits per heavy atom. The van der Waals surface area contributed by atoms with Gasteiger partial charge in [0.25, 0.3) is 0 Å². The van der Waals surface area contributed by atoms with Crippen LogP contribution in [0.2, 0.25) is 0 Å². The first-order chi connectivity index (χ1) is 34.8. The maximum atomic E-state index is 5.54. The van der Waals surface area contributed by atoms with Gasteiger partial charge in [0.15, 0.2) is 11.6 Å². The first-order valence-corrected chi connectivity index (χ1v) is 23.7. The van der Waals surface area contributed by atoms with E-state index in [0.717, 1.165) is 72.1 Å². The van der Waals surface area contributed by atoms with Gasteiger partial charge in [-0.2, -0.15) is 9.97 Å². The fraction of sp³-hybridized carbons (Fsp3) is 0. The third-order valence-electron chi connectivity index (χ3n) is 14.2. The molecule has 0 saturated carbocycles. The van der Waals surface area contributed by atoms with E-state index in [1.165, 1.54) is 43.4 Å². The SMILES string of the molecule is c1ccc(-c2nc(-c3ccccc3-n3c4ccccc4c4c5c6ccccc6n(-c6ccccc6)c5ccc43)nc(-n3c4ccccc4c4c5c6ccccc6n(-c6ccccc6)c5ccc43)n2)cc1. The van der Waals surface area contributed by atoms with Gasteiger partial charge in [0, 0.05) is 65.6 Å². The Labute approximate surface area is 401 Å². The smallest absolute Gasteiger partial charge is 0.238 e. The molecule has 0 atom stereocenters. The normalized spacial score (nSPS) is 12.0. The van der Waals surface area contributed by atoms with Crippen molar-refractivity contribution in [1.29, 1.82) is 0 Å². The fourth-order valence-corrected chi connectivity index (χ4v) is 11.4. The van der Waals surface area contributed by atoms with E-state index in [-0.39, 0.29) is 0 Å². The van der Waals surface area contributed by atoms with Gasteiger partial charge in [-0.3, -0.25) is 4.57 Å². The predicted molar refractivity (Wildman–Crippen MR) is 288 cm³/mol. The molecule has 10 aromatic carbocycles. The Kier molecular flexibility index (Phi) is 8.23. The average molecular weight is 894 g/mol. The van der Waals surface area contributed by atoms with Crippen molar-refractivity contribution in [3.05, 3.63) is 237 Å². The lowest BCUT2D eigenvalue weighted by atomic mass is 10.1. The minimum absolute atomic E-state index is 0.550. The van der Waals surface area contributed by atoms with E-state index in [9.17, 15) is 0 Å². The van der Waals surface area contributed by atoms with E-state index in [4.69, 9.17) is 15.0 Å². The van der Waals surface area contributed by atoms with Gasteiger partial charge in [-0.05, 0) is 84.9 Å². The Bertz CT molecular complexity index is 4580. The van der Waals surface area contributed by atoms with Gasteiger partial charge in [0.2, 0.25) is 5.95 Å². The lowest BCUT2D eigenvalue weighted by Gasteiger charge is -2.15. The summed E-state index contributed by atoms with van der Waals surface area (Å²) in [4.78, 5) is 16.3. The first kappa shape index (κ1) is 38.5. The van der Waals surface area contributed by atoms with Gasteiger partial charge in [-0.1, -0.05) is 152 Å². The fourth-order valence-electron chi connectivity index (χ4n) is 11.4. The Balaban J connectivity index is 1.01. The second-order valence-corrected chi connectivity index (χ2v) is 18.0. The summed E-state index contributed by atoms with van der Waals surface area (Å²) in [6.07, 6.45) is 0. The number of aromatic nitrogens is 7. The van der Waals surface area contributed by atoms with E-state index >= 15 is 0 Å². The molecule has 0 amide bonds. The molecule has 70 heavy (non-hydrogen) atoms. The zero-order valence-corrected chi connectivity index (χ0v) is 37.6. The van der Waals surface area contributed by atoms with Crippen LogP contribution in [0.3, 0.4) is 0 Å². The molecular weight excluding hydrogens is 855 g/mol. The Hall–Kier alpha value is -9.59. The van der Waals surface area contributed by atoms with Crippen LogP contribution < -0.4 is 0 Å². The number of para-hydroxylation sites is 7. The maximum Gasteiger partial charge on any atom is 0.238 e. The van der Waals surface area contributed by atoms with Gasteiger partial charge < -0.3 is 13.7 Å². The van der Waals surface area contributed by atoms with Crippen molar-refractivity contribution in [2.75, 3.05) is 0 Å². The van der Waals surface area contributed by atoms with Gasteiger partial charge >= 0.3 is 0 Å². The molecule has 0 radical (unpaired) electrons. The largest absolute Gasteiger partial charge is 0.309 e. The monoisotopic (exact) mass is 893 g/mol. The molecule has 0 aliphatic rings. The number of benzene rings is 10. The van der Waals surface area contributed by atoms with Crippen LogP contribution >= 0.6 is 0 Å². The third-order valence-corrected chi connectivity index (χ3v) is 14.2. The predicted octanol–water partition coefficient (Wildman–Crippen LogP) is 15.6. The maximum absolute atomic E-state index is 5.54. The average Bonchev–Trinajstić information content (AvgIpc) is 4.16. The summed E-state index contributed by atoms with van der Waals surface area (Å²) in [6.45, 7) is 0. The van der Waals surface area contributed by atoms with Crippen LogP contribution in [0.15, 0.2) is 237 Å². The molecule has 0 spiro atoms. The molecule has 5 heterocycles. The molecule has 15 aromatic rings. The highest BCUT2D eigenvalue weighted by Gasteiger charge is 2.25. The van der Waals surface area contributed by atoms with Gasteiger partial charge in [0.05, 0.1) is 49.8 Å². The highest BCUT2D eigenvalue weighted by molar-refractivity contribution is 6.30. The van der Waals surface area contributed by atoms with E-state index in [2.05, 4.69) is 237 Å². The van der Waals surface area contributed by atoms with E-state index < -0.39 is 0 Å². The molecule has 0 saturated heterocycles. The number of fused-ring (bicyclic) bond motifs is 14. The second kappa shape index (κ2) is 15.0. The zero-order valence-electron chi connectivity index (χ0n) is 37.6. The van der Waals surface area contributed by atoms with Crippen LogP contribution in [0.4, 0.5) is 0 Å². The van der Waals surface area contributed by atoms with E-state index in [0.29, 0.717) is 17.6 Å². The van der Waals surface area contributed by atoms with Crippen LogP contribution in [0.25, 0.3) is 133 Å². The van der Waals surface area contributed by atoms with Crippen LogP contribution in [0, 0.1) is 0 Å². The third kappa shape index (κ3) is 5.48. The molecule has 0 N–H and O–H groups in total. The molecule has 7 nitrogen and oxygen atoms in total. The summed E-state index contributed by atoms with van der Waals surface area (Å²) in [6, 6.07) is 84.1. The number of hydrogen-bond donors (Lipinski definition) is 0. The van der Waals surface area contributed by atoms with Crippen molar-refractivity contribution in [2.24, 2.45) is 0 Å². The van der Waals surface area contributed by atoms with Gasteiger partial charge in [-0.15, -0.1) is 0 Å². The molecule has 0 unspecified atom stereocenters. The van der Waals surface area contributed by atoms with Crippen molar-refractivity contribution in [3.8, 4) is 45.8 Å². The number of hydrogen-bond acceptors (Lipinski definition) is 3. The number of rotatable bonds is 6. The molecule has 7 heteroatoms. The summed E-state index contributed by atoms with van der Waals surface area (Å²) in [5.41, 5.74) is 13.9. The standard InChI is InChI=1S/C63H39N7/c1-4-20-40(21-5-1)61-64-62(66-63(65-61)70-51-34-18-13-29-46(51)60-56(70)39-37-54-58(60)44-27-11-16-32-49(44)68(54)42-24-8-3-9-25-42)47-30-14-19-35-52(47)69-50-33-17-12-28-45(50)59-55(69)38-36-53-57(59)43-26-10-15-31-48(43)67(53)41-22-6-2-7-23-41/h1-39H. The summed E-state index contributed by atoms with van der Waals surface area (Å²) in [7, 11) is 0. The van der Waals surface area contributed by atoms with E-state index in [1.807, 2.05) is 18.2 Å². The van der Waals surface area contributed by atoms with Crippen molar-refractivity contribution >= 4 is 87.2 Å². The summed E-state index contributed by atoms with van der Waals surface area (Å²) >= 11 is 0. The van der Waals surface area contributed by atoms with Crippen LogP contribution in [0.1, 0.15) is 0 Å². The second-order valence-electron chi connectivity index (χ2n) is 18.0. The highest BCUT2D eigenvalue weighted by Crippen LogP contribution is 2.45. The minimum Gasteiger partial charge on any atom is -0.309 e. The lowest BCUT2D eigenvalue weighted by Crippen LogP contribution is -2.07. The highest BCUT2D eigenvalue weighted by atomic mass is 15.2. The minimum atomic E-state index is 0.550. The van der Waals surface area contributed by atoms with Gasteiger partial charge in [0.1, 0.15) is 0 Å². The Morgan fingerprint density at radius 3 is 1.10 bits per heavy atom. The van der Waals surface area contributed by atoms with Crippen molar-refractivity contribution in [3.63, 3.8) is 0 Å². The lowest BCUT2D eigenvalue weighted by molar-refractivity contribution is 0.952. The quantitative estimate of drug-likeness (QED) is 0.167. The zero-order chi connectivity index (χ0) is 45.9. The van der Waals surface area contributed by atoms with Crippen molar-refractivity contribution in [1.82, 2.24) is 33.2 Å². The first-order valence-electron chi connectivity index (χ1n) is 23.7. The molecule has 15 rings (SSSR count). The summed E-state index contributed by atoms with van der Waals surface area (Å²) < 4.78 is 9.41. The molecule has 0 bridgehead atoms. The van der Waals surface area contributed by atoms with Gasteiger partial charge in [-0.25, -0.2) is 4.98 Å². The van der Waals surface area contributed by atoms with Crippen molar-refractivity contribution in [2.45, 2.75) is 0 Å². The molecule has 326 valence electrons. The van der Waals surface area contributed by atoms with Crippen molar-refractivity contribution < 1.29 is 0 Å². The van der Waals surface area contributed by atoms with Crippen LogP contribution in [-0.2, 0) is 0 Å². The summed E-state index contributed by atoms with van der Waals surface area (Å²) in [5, 5.41) is 9.51. The molecule has 0 fully saturated rings. The van der Waals surface area contributed by atoms with Crippen LogP contribution in [-0.4, -0.2) is 33.2 Å². The van der Waals surface area contributed by atoms with Crippen LogP contribution in [0.5, 0.6) is 0 Å². The Morgan fingerprint density at radius 1 is 0.243 bits per heavy atom. The number of nitrogens with zero attached hydrogens (tertiary/aromatic N) is 7. The molecular formula is C63H39N7. The molecule has 0 aliphatic heterocycles. The molecule has 5 aromatic heterocycles.